The van der Waals surface area contributed by atoms with Crippen LogP contribution in [-0.4, -0.2) is 9.97 Å². The Bertz CT molecular complexity index is 3520. The van der Waals surface area contributed by atoms with Gasteiger partial charge in [0.05, 0.1) is 11.2 Å². The first-order valence-corrected chi connectivity index (χ1v) is 20.5. The molecule has 1 aliphatic rings. The molecule has 0 N–H and O–H groups in total. The smallest absolute Gasteiger partial charge is 0.0718 e. The second-order valence-corrected chi connectivity index (χ2v) is 16.6. The van der Waals surface area contributed by atoms with Crippen LogP contribution in [0.2, 0.25) is 0 Å². The number of aromatic nitrogens is 2. The Morgan fingerprint density at radius 3 is 1.56 bits per heavy atom. The number of fused-ring (bicyclic) bond motifs is 8. The molecule has 0 atom stereocenters. The highest BCUT2D eigenvalue weighted by atomic mass is 14.7. The Kier molecular flexibility index (Phi) is 7.31. The van der Waals surface area contributed by atoms with Crippen LogP contribution in [0, 0.1) is 0 Å². The van der Waals surface area contributed by atoms with E-state index in [9.17, 15) is 0 Å². The highest BCUT2D eigenvalue weighted by Gasteiger charge is 2.38. The second-order valence-electron chi connectivity index (χ2n) is 16.6. The minimum Gasteiger partial charge on any atom is -0.256 e. The lowest BCUT2D eigenvalue weighted by Gasteiger charge is -2.24. The van der Waals surface area contributed by atoms with E-state index in [2.05, 4.69) is 184 Å². The van der Waals surface area contributed by atoms with Crippen LogP contribution in [0.4, 0.5) is 0 Å². The number of rotatable bonds is 4. The van der Waals surface area contributed by atoms with Crippen LogP contribution in [-0.2, 0) is 5.41 Å². The predicted octanol–water partition coefficient (Wildman–Crippen LogP) is 15.2. The first-order chi connectivity index (χ1) is 29.0. The van der Waals surface area contributed by atoms with Crippen LogP contribution in [0.3, 0.4) is 0 Å². The summed E-state index contributed by atoms with van der Waals surface area (Å²) in [6, 6.07) is 67.0. The molecule has 0 fully saturated rings. The molecule has 0 amide bonds. The van der Waals surface area contributed by atoms with E-state index in [1.807, 2.05) is 24.5 Å². The summed E-state index contributed by atoms with van der Waals surface area (Å²) in [6.07, 6.45) is 3.97. The van der Waals surface area contributed by atoms with Gasteiger partial charge in [-0.1, -0.05) is 153 Å². The Balaban J connectivity index is 1.12. The van der Waals surface area contributed by atoms with E-state index in [0.29, 0.717) is 0 Å². The first kappa shape index (κ1) is 33.7. The average molecular weight is 751 g/mol. The maximum absolute atomic E-state index is 5.04. The molecule has 0 spiro atoms. The van der Waals surface area contributed by atoms with Crippen molar-refractivity contribution in [1.82, 2.24) is 9.97 Å². The van der Waals surface area contributed by atoms with Crippen LogP contribution in [0.25, 0.3) is 110 Å². The third kappa shape index (κ3) is 5.20. The van der Waals surface area contributed by atoms with Crippen molar-refractivity contribution in [2.45, 2.75) is 19.3 Å². The number of hydrogen-bond donors (Lipinski definition) is 0. The molecule has 0 bridgehead atoms. The van der Waals surface area contributed by atoms with Crippen LogP contribution >= 0.6 is 0 Å². The molecule has 11 aromatic rings. The van der Waals surface area contributed by atoms with Gasteiger partial charge in [0, 0.05) is 34.3 Å². The molecule has 2 heterocycles. The maximum Gasteiger partial charge on any atom is 0.0718 e. The summed E-state index contributed by atoms with van der Waals surface area (Å²) in [5.41, 5.74) is 15.3. The van der Waals surface area contributed by atoms with E-state index in [1.54, 1.807) is 0 Å². The molecule has 2 nitrogen and oxygen atoms in total. The van der Waals surface area contributed by atoms with Gasteiger partial charge in [-0.2, -0.15) is 0 Å². The SMILES string of the molecule is CC1(C)c2cc3c(-c4ccc5ccccc5c4)c4ccccc4c(-c4ccc5ccccc5c4)c3cc2-c2c(-c3ccc(-c4cnc5ccccc5c4)nc3)cccc21. The summed E-state index contributed by atoms with van der Waals surface area (Å²) in [7, 11) is 0. The van der Waals surface area contributed by atoms with Crippen molar-refractivity contribution in [2.75, 3.05) is 0 Å². The number of pyridine rings is 2. The van der Waals surface area contributed by atoms with E-state index < -0.39 is 0 Å². The predicted molar refractivity (Wildman–Crippen MR) is 249 cm³/mol. The van der Waals surface area contributed by atoms with Gasteiger partial charge in [-0.3, -0.25) is 9.97 Å². The fourth-order valence-corrected chi connectivity index (χ4v) is 9.94. The van der Waals surface area contributed by atoms with Gasteiger partial charge in [0.1, 0.15) is 0 Å². The third-order valence-corrected chi connectivity index (χ3v) is 12.9. The van der Waals surface area contributed by atoms with E-state index in [-0.39, 0.29) is 5.41 Å². The van der Waals surface area contributed by atoms with Crippen LogP contribution in [0.15, 0.2) is 194 Å². The van der Waals surface area contributed by atoms with Gasteiger partial charge in [0.25, 0.3) is 0 Å². The fraction of sp³-hybridized carbons (Fsp3) is 0.0526. The lowest BCUT2D eigenvalue weighted by molar-refractivity contribution is 0.661. The average Bonchev–Trinajstić information content (AvgIpc) is 3.52. The van der Waals surface area contributed by atoms with Crippen molar-refractivity contribution in [3.05, 3.63) is 206 Å². The van der Waals surface area contributed by atoms with Crippen LogP contribution < -0.4 is 0 Å². The standard InChI is InChI=1S/C57H38N2/c1-57(2)50-20-11-19-44(42-26-27-53(58-33-42)43-30-39-16-7-10-21-52(39)59-34-43)56(50)49-31-47-48(32-51(49)57)55(41-25-23-36-13-4-6-15-38(36)29-41)46-18-9-8-17-45(46)54(47)40-24-22-35-12-3-5-14-37(35)28-40/h3-34H,1-2H3. The summed E-state index contributed by atoms with van der Waals surface area (Å²) >= 11 is 0. The molecule has 1 aliphatic carbocycles. The summed E-state index contributed by atoms with van der Waals surface area (Å²) in [6.45, 7) is 4.78. The van der Waals surface area contributed by atoms with Gasteiger partial charge in [-0.25, -0.2) is 0 Å². The maximum atomic E-state index is 5.04. The molecule has 0 unspecified atom stereocenters. The zero-order chi connectivity index (χ0) is 39.2. The quantitative estimate of drug-likeness (QED) is 0.167. The Morgan fingerprint density at radius 2 is 0.898 bits per heavy atom. The van der Waals surface area contributed by atoms with Gasteiger partial charge in [-0.05, 0) is 136 Å². The van der Waals surface area contributed by atoms with E-state index in [0.717, 1.165) is 27.7 Å². The van der Waals surface area contributed by atoms with E-state index in [4.69, 9.17) is 9.97 Å². The Labute approximate surface area is 343 Å². The van der Waals surface area contributed by atoms with Crippen molar-refractivity contribution in [3.63, 3.8) is 0 Å². The zero-order valence-electron chi connectivity index (χ0n) is 32.9. The van der Waals surface area contributed by atoms with Crippen LogP contribution in [0.1, 0.15) is 25.0 Å². The summed E-state index contributed by atoms with van der Waals surface area (Å²) in [4.78, 5) is 9.75. The lowest BCUT2D eigenvalue weighted by Crippen LogP contribution is -2.15. The Hall–Kier alpha value is -7.42. The van der Waals surface area contributed by atoms with Gasteiger partial charge in [-0.15, -0.1) is 0 Å². The minimum atomic E-state index is -0.228. The Morgan fingerprint density at radius 1 is 0.339 bits per heavy atom. The van der Waals surface area contributed by atoms with E-state index in [1.165, 1.54) is 93.2 Å². The molecule has 59 heavy (non-hydrogen) atoms. The molecule has 12 rings (SSSR count). The summed E-state index contributed by atoms with van der Waals surface area (Å²) in [5.74, 6) is 0. The highest BCUT2D eigenvalue weighted by molar-refractivity contribution is 6.23. The van der Waals surface area contributed by atoms with Gasteiger partial charge in [0.2, 0.25) is 0 Å². The number of para-hydroxylation sites is 1. The van der Waals surface area contributed by atoms with Gasteiger partial charge < -0.3 is 0 Å². The summed E-state index contributed by atoms with van der Waals surface area (Å²) < 4.78 is 0. The largest absolute Gasteiger partial charge is 0.256 e. The van der Waals surface area contributed by atoms with Crippen molar-refractivity contribution in [2.24, 2.45) is 0 Å². The topological polar surface area (TPSA) is 25.8 Å². The minimum absolute atomic E-state index is 0.228. The monoisotopic (exact) mass is 750 g/mol. The molecule has 2 aromatic heterocycles. The third-order valence-electron chi connectivity index (χ3n) is 12.9. The molecule has 9 aromatic carbocycles. The fourth-order valence-electron chi connectivity index (χ4n) is 9.94. The number of benzene rings is 9. The van der Waals surface area contributed by atoms with Gasteiger partial charge in [0.15, 0.2) is 0 Å². The van der Waals surface area contributed by atoms with Crippen LogP contribution in [0.5, 0.6) is 0 Å². The lowest BCUT2D eigenvalue weighted by atomic mass is 9.79. The van der Waals surface area contributed by atoms with Crippen molar-refractivity contribution in [3.8, 4) is 55.8 Å². The molecular formula is C57H38N2. The number of nitrogens with zero attached hydrogens (tertiary/aromatic N) is 2. The molecular weight excluding hydrogens is 713 g/mol. The molecule has 0 saturated carbocycles. The van der Waals surface area contributed by atoms with Crippen molar-refractivity contribution < 1.29 is 0 Å². The highest BCUT2D eigenvalue weighted by Crippen LogP contribution is 2.55. The van der Waals surface area contributed by atoms with E-state index >= 15 is 0 Å². The molecule has 0 radical (unpaired) electrons. The second kappa shape index (κ2) is 12.8. The van der Waals surface area contributed by atoms with Crippen molar-refractivity contribution in [1.29, 1.82) is 0 Å². The van der Waals surface area contributed by atoms with Gasteiger partial charge >= 0.3 is 0 Å². The zero-order valence-corrected chi connectivity index (χ0v) is 32.9. The molecule has 0 aliphatic heterocycles. The molecule has 0 saturated heterocycles. The molecule has 276 valence electrons. The normalized spacial score (nSPS) is 13.1. The summed E-state index contributed by atoms with van der Waals surface area (Å²) in [5, 5.41) is 11.2. The first-order valence-electron chi connectivity index (χ1n) is 20.5. The molecule has 2 heteroatoms. The van der Waals surface area contributed by atoms with Crippen molar-refractivity contribution >= 4 is 54.0 Å². The number of hydrogen-bond acceptors (Lipinski definition) is 2.